The zero-order chi connectivity index (χ0) is 30.8. The first-order valence-electron chi connectivity index (χ1n) is 13.1. The Balaban J connectivity index is 2.85. The summed E-state index contributed by atoms with van der Waals surface area (Å²) in [4.78, 5) is 72.8. The summed E-state index contributed by atoms with van der Waals surface area (Å²) in [6, 6.07) is 0. The van der Waals surface area contributed by atoms with Crippen LogP contribution in [0.3, 0.4) is 0 Å². The molecule has 2 amide bonds. The van der Waals surface area contributed by atoms with Crippen molar-refractivity contribution in [2.45, 2.75) is 66.3 Å². The summed E-state index contributed by atoms with van der Waals surface area (Å²) >= 11 is 0. The second-order valence-electron chi connectivity index (χ2n) is 9.49. The normalized spacial score (nSPS) is 10.6. The highest BCUT2D eigenvalue weighted by Crippen LogP contribution is 2.00. The smallest absolute Gasteiger partial charge is 0.408 e. The van der Waals surface area contributed by atoms with Crippen molar-refractivity contribution < 1.29 is 28.8 Å². The predicted molar refractivity (Wildman–Crippen MR) is 151 cm³/mol. The number of carbonyl (C=O) groups excluding carboxylic acids is 2. The summed E-state index contributed by atoms with van der Waals surface area (Å²) in [5.74, 6) is 0. The number of unbranched alkanes of at least 4 members (excludes halogenated alkanes) is 3. The van der Waals surface area contributed by atoms with Crippen molar-refractivity contribution in [3.8, 4) is 0 Å². The number of nitrogens with one attached hydrogen (secondary N) is 3. The van der Waals surface area contributed by atoms with E-state index in [4.69, 9.17) is 19.2 Å². The zero-order valence-corrected chi connectivity index (χ0v) is 24.1. The molecule has 0 aliphatic rings. The number of rotatable bonds is 20. The highest BCUT2D eigenvalue weighted by molar-refractivity contribution is 5.67. The first-order valence-corrected chi connectivity index (χ1v) is 13.1. The SMILES string of the molecule is C=C(C)COOCNCCCCCCn1c(=O)n(CNC(=O)OCC(=C)C)c(=O)n(CNC(=O)OCC(=C)C)c1=O. The zero-order valence-electron chi connectivity index (χ0n) is 24.1. The van der Waals surface area contributed by atoms with Crippen LogP contribution in [0.4, 0.5) is 9.59 Å². The van der Waals surface area contributed by atoms with Crippen LogP contribution >= 0.6 is 0 Å². The van der Waals surface area contributed by atoms with Gasteiger partial charge in [0, 0.05) is 6.54 Å². The molecule has 0 aliphatic heterocycles. The van der Waals surface area contributed by atoms with Gasteiger partial charge < -0.3 is 20.1 Å². The molecule has 1 aromatic heterocycles. The molecule has 1 heterocycles. The third kappa shape index (κ3) is 14.3. The predicted octanol–water partition coefficient (Wildman–Crippen LogP) is 1.32. The van der Waals surface area contributed by atoms with E-state index in [-0.39, 0.29) is 26.5 Å². The van der Waals surface area contributed by atoms with Crippen LogP contribution in [0.25, 0.3) is 0 Å². The molecule has 0 radical (unpaired) electrons. The second-order valence-corrected chi connectivity index (χ2v) is 9.49. The van der Waals surface area contributed by atoms with Gasteiger partial charge in [0.25, 0.3) is 0 Å². The average molecular weight is 583 g/mol. The lowest BCUT2D eigenvalue weighted by Crippen LogP contribution is -2.57. The number of alkyl carbamates (subject to hydrolysis) is 2. The maximum absolute atomic E-state index is 13.0. The molecule has 41 heavy (non-hydrogen) atoms. The quantitative estimate of drug-likeness (QED) is 0.0669. The minimum Gasteiger partial charge on any atom is -0.445 e. The summed E-state index contributed by atoms with van der Waals surface area (Å²) in [5.41, 5.74) is -0.813. The van der Waals surface area contributed by atoms with E-state index in [1.54, 1.807) is 13.8 Å². The van der Waals surface area contributed by atoms with Crippen molar-refractivity contribution in [3.63, 3.8) is 0 Å². The number of hydrogen-bond donors (Lipinski definition) is 3. The van der Waals surface area contributed by atoms with Crippen LogP contribution in [0.15, 0.2) is 50.8 Å². The number of aromatic nitrogens is 3. The lowest BCUT2D eigenvalue weighted by atomic mass is 10.2. The van der Waals surface area contributed by atoms with E-state index in [2.05, 4.69) is 35.7 Å². The lowest BCUT2D eigenvalue weighted by Gasteiger charge is -2.15. The number of carbonyl (C=O) groups is 2. The summed E-state index contributed by atoms with van der Waals surface area (Å²) in [7, 11) is 0. The molecule has 0 aromatic carbocycles. The maximum atomic E-state index is 13.0. The molecule has 230 valence electrons. The third-order valence-corrected chi connectivity index (χ3v) is 5.08. The van der Waals surface area contributed by atoms with Crippen molar-refractivity contribution in [3.05, 3.63) is 67.9 Å². The lowest BCUT2D eigenvalue weighted by molar-refractivity contribution is -0.292. The van der Waals surface area contributed by atoms with E-state index < -0.39 is 42.6 Å². The Bertz CT molecular complexity index is 1160. The Morgan fingerprint density at radius 2 is 1.12 bits per heavy atom. The van der Waals surface area contributed by atoms with Gasteiger partial charge in [-0.05, 0) is 51.3 Å². The molecule has 3 N–H and O–H groups in total. The second kappa shape index (κ2) is 19.2. The first-order chi connectivity index (χ1) is 19.4. The molecular weight excluding hydrogens is 540 g/mol. The van der Waals surface area contributed by atoms with Gasteiger partial charge in [-0.2, -0.15) is 0 Å². The van der Waals surface area contributed by atoms with Gasteiger partial charge in [0.2, 0.25) is 0 Å². The van der Waals surface area contributed by atoms with Crippen LogP contribution in [0.1, 0.15) is 46.5 Å². The first kappa shape index (κ1) is 35.1. The van der Waals surface area contributed by atoms with Crippen LogP contribution < -0.4 is 33.0 Å². The fourth-order valence-electron chi connectivity index (χ4n) is 3.08. The summed E-state index contributed by atoms with van der Waals surface area (Å²) in [6.07, 6.45) is 1.01. The number of nitrogens with zero attached hydrogens (tertiary/aromatic N) is 3. The molecule has 0 bridgehead atoms. The molecule has 0 unspecified atom stereocenters. The highest BCUT2D eigenvalue weighted by Gasteiger charge is 2.17. The van der Waals surface area contributed by atoms with Gasteiger partial charge in [0.1, 0.15) is 39.9 Å². The Hall–Kier alpha value is -3.95. The van der Waals surface area contributed by atoms with Crippen molar-refractivity contribution in [1.82, 2.24) is 29.7 Å². The molecular formula is C26H42N6O9. The Kier molecular flexibility index (Phi) is 16.4. The molecule has 0 fully saturated rings. The molecule has 0 saturated heterocycles. The molecule has 1 rings (SSSR count). The van der Waals surface area contributed by atoms with Crippen LogP contribution in [-0.2, 0) is 39.1 Å². The van der Waals surface area contributed by atoms with E-state index in [1.807, 2.05) is 6.92 Å². The van der Waals surface area contributed by atoms with Crippen molar-refractivity contribution in [2.75, 3.05) is 33.1 Å². The molecule has 0 saturated carbocycles. The standard InChI is InChI=1S/C26H42N6O9/c1-19(2)13-38-22(33)28-16-31-24(35)30(12-10-8-7-9-11-27-18-41-40-15-21(5)6)25(36)32(26(31)37)17-29-23(34)39-14-20(3)4/h27H,1,3,5,7-18H2,2,4,6H3,(H,28,33)(H,29,34). The Labute approximate surface area is 238 Å². The summed E-state index contributed by atoms with van der Waals surface area (Å²) in [5, 5.41) is 7.66. The number of ether oxygens (including phenoxy) is 2. The number of amides is 2. The molecule has 0 atom stereocenters. The summed E-state index contributed by atoms with van der Waals surface area (Å²) < 4.78 is 12.1. The van der Waals surface area contributed by atoms with Gasteiger partial charge in [-0.3, -0.25) is 5.32 Å². The van der Waals surface area contributed by atoms with E-state index in [9.17, 15) is 24.0 Å². The van der Waals surface area contributed by atoms with Crippen LogP contribution in [0, 0.1) is 0 Å². The highest BCUT2D eigenvalue weighted by atomic mass is 17.2. The van der Waals surface area contributed by atoms with Gasteiger partial charge in [0.15, 0.2) is 0 Å². The van der Waals surface area contributed by atoms with Gasteiger partial charge in [-0.1, -0.05) is 38.2 Å². The van der Waals surface area contributed by atoms with Gasteiger partial charge in [-0.15, -0.1) is 0 Å². The fourth-order valence-corrected chi connectivity index (χ4v) is 3.08. The largest absolute Gasteiger partial charge is 0.445 e. The van der Waals surface area contributed by atoms with E-state index >= 15 is 0 Å². The fraction of sp³-hybridized carbons (Fsp3) is 0.577. The van der Waals surface area contributed by atoms with Gasteiger partial charge in [-0.25, -0.2) is 47.4 Å². The summed E-state index contributed by atoms with van der Waals surface area (Å²) in [6.45, 7) is 16.1. The topological polar surface area (TPSA) is 173 Å². The van der Waals surface area contributed by atoms with E-state index in [1.165, 1.54) is 0 Å². The van der Waals surface area contributed by atoms with Crippen molar-refractivity contribution in [1.29, 1.82) is 0 Å². The number of hydrogen-bond acceptors (Lipinski definition) is 10. The van der Waals surface area contributed by atoms with Crippen LogP contribution in [0.2, 0.25) is 0 Å². The van der Waals surface area contributed by atoms with Crippen LogP contribution in [-0.4, -0.2) is 59.0 Å². The van der Waals surface area contributed by atoms with E-state index in [0.29, 0.717) is 46.3 Å². The maximum Gasteiger partial charge on any atom is 0.408 e. The molecule has 15 heteroatoms. The minimum absolute atomic E-state index is 0.0173. The molecule has 1 aromatic rings. The molecule has 0 spiro atoms. The van der Waals surface area contributed by atoms with Gasteiger partial charge >= 0.3 is 29.3 Å². The Morgan fingerprint density at radius 3 is 1.61 bits per heavy atom. The van der Waals surface area contributed by atoms with Crippen LogP contribution in [0.5, 0.6) is 0 Å². The Morgan fingerprint density at radius 1 is 0.659 bits per heavy atom. The van der Waals surface area contributed by atoms with E-state index in [0.717, 1.165) is 23.0 Å². The van der Waals surface area contributed by atoms with Crippen molar-refractivity contribution >= 4 is 12.2 Å². The molecule has 0 aliphatic carbocycles. The molecule has 15 nitrogen and oxygen atoms in total. The third-order valence-electron chi connectivity index (χ3n) is 5.08. The van der Waals surface area contributed by atoms with Gasteiger partial charge in [0.05, 0.1) is 0 Å². The monoisotopic (exact) mass is 582 g/mol. The minimum atomic E-state index is -1.03. The van der Waals surface area contributed by atoms with Crippen molar-refractivity contribution in [2.24, 2.45) is 0 Å². The average Bonchev–Trinajstić information content (AvgIpc) is 2.90.